The summed E-state index contributed by atoms with van der Waals surface area (Å²) in [6, 6.07) is 3.54. The normalized spacial score (nSPS) is 18.8. The van der Waals surface area contributed by atoms with E-state index in [1.54, 1.807) is 35.4 Å². The predicted octanol–water partition coefficient (Wildman–Crippen LogP) is 1.39. The van der Waals surface area contributed by atoms with Gasteiger partial charge >= 0.3 is 5.97 Å². The highest BCUT2D eigenvalue weighted by Crippen LogP contribution is 2.24. The van der Waals surface area contributed by atoms with Crippen molar-refractivity contribution in [1.82, 2.24) is 19.9 Å². The van der Waals surface area contributed by atoms with Crippen LogP contribution >= 0.6 is 23.7 Å². The molecule has 1 aliphatic rings. The maximum atomic E-state index is 12.6. The fraction of sp³-hybridized carbons (Fsp3) is 0.333. The fourth-order valence-corrected chi connectivity index (χ4v) is 4.10. The molecule has 0 aliphatic carbocycles. The van der Waals surface area contributed by atoms with Gasteiger partial charge in [-0.3, -0.25) is 9.36 Å². The zero-order valence-electron chi connectivity index (χ0n) is 15.7. The first kappa shape index (κ1) is 21.2. The third kappa shape index (κ3) is 3.71. The Morgan fingerprint density at radius 3 is 2.76 bits per heavy atom. The molecule has 11 heteroatoms. The molecule has 3 aromatic heterocycles. The number of thiazole rings is 1. The van der Waals surface area contributed by atoms with Crippen LogP contribution in [-0.2, 0) is 4.74 Å². The van der Waals surface area contributed by atoms with Crippen LogP contribution in [0.15, 0.2) is 34.7 Å². The molecule has 1 fully saturated rings. The van der Waals surface area contributed by atoms with Crippen molar-refractivity contribution < 1.29 is 14.6 Å². The summed E-state index contributed by atoms with van der Waals surface area (Å²) in [5, 5.41) is 15.2. The van der Waals surface area contributed by atoms with Crippen LogP contribution in [0.4, 0.5) is 5.82 Å². The van der Waals surface area contributed by atoms with E-state index >= 15 is 0 Å². The topological polar surface area (TPSA) is 110 Å². The maximum absolute atomic E-state index is 12.6. The lowest BCUT2D eigenvalue weighted by molar-refractivity contribution is 0.0695. The number of carboxylic acid groups (broad SMARTS) is 1. The Kier molecular flexibility index (Phi) is 6.18. The summed E-state index contributed by atoms with van der Waals surface area (Å²) < 4.78 is 7.10. The fourth-order valence-electron chi connectivity index (χ4n) is 3.48. The molecule has 0 spiro atoms. The van der Waals surface area contributed by atoms with E-state index in [1.165, 1.54) is 17.5 Å². The quantitative estimate of drug-likeness (QED) is 0.616. The van der Waals surface area contributed by atoms with Gasteiger partial charge in [-0.2, -0.15) is 0 Å². The number of aromatic carboxylic acids is 1. The van der Waals surface area contributed by atoms with Crippen LogP contribution in [0.2, 0.25) is 0 Å². The standard InChI is InChI=1S/C18H19N5O4S.ClH/c1-19-12-8-22(9-13(12)27-2)14-4-3-10-15(24)11(17(25)26)7-23(16(10)21-14)18-20-5-6-28-18;/h3-7,12-13,19H,8-9H2,1-2H3,(H,25,26);1H/t12-,13-;/m1./s1. The number of likely N-dealkylation sites (N-methyl/N-ethyl adjacent to an activating group) is 1. The first-order valence-electron chi connectivity index (χ1n) is 8.68. The second-order valence-electron chi connectivity index (χ2n) is 6.48. The van der Waals surface area contributed by atoms with E-state index in [0.717, 1.165) is 0 Å². The number of halogens is 1. The van der Waals surface area contributed by atoms with E-state index < -0.39 is 11.4 Å². The van der Waals surface area contributed by atoms with Gasteiger partial charge in [0.25, 0.3) is 0 Å². The molecule has 0 radical (unpaired) electrons. The van der Waals surface area contributed by atoms with E-state index in [0.29, 0.717) is 29.7 Å². The summed E-state index contributed by atoms with van der Waals surface area (Å²) in [7, 11) is 3.57. The Hall–Kier alpha value is -2.53. The number of pyridine rings is 2. The Bertz CT molecular complexity index is 1080. The molecule has 0 bridgehead atoms. The number of nitrogens with one attached hydrogen (secondary N) is 1. The molecule has 1 aliphatic heterocycles. The smallest absolute Gasteiger partial charge is 0.341 e. The average molecular weight is 438 g/mol. The molecule has 0 amide bonds. The minimum absolute atomic E-state index is 0. The summed E-state index contributed by atoms with van der Waals surface area (Å²) in [5.74, 6) is -0.583. The van der Waals surface area contributed by atoms with E-state index in [1.807, 2.05) is 7.05 Å². The molecule has 2 N–H and O–H groups in total. The van der Waals surface area contributed by atoms with Gasteiger partial charge in [0.15, 0.2) is 10.8 Å². The van der Waals surface area contributed by atoms with Crippen LogP contribution in [-0.4, -0.2) is 65.0 Å². The van der Waals surface area contributed by atoms with E-state index in [2.05, 4.69) is 15.2 Å². The number of ether oxygens (including phenoxy) is 1. The van der Waals surface area contributed by atoms with Crippen molar-refractivity contribution >= 4 is 46.6 Å². The number of hydrogen-bond donors (Lipinski definition) is 2. The number of carboxylic acids is 1. The minimum Gasteiger partial charge on any atom is -0.477 e. The predicted molar refractivity (Wildman–Crippen MR) is 113 cm³/mol. The Balaban J connectivity index is 0.00000240. The lowest BCUT2D eigenvalue weighted by Crippen LogP contribution is -2.37. The molecule has 0 aromatic carbocycles. The van der Waals surface area contributed by atoms with Gasteiger partial charge in [-0.25, -0.2) is 14.8 Å². The molecule has 2 atom stereocenters. The van der Waals surface area contributed by atoms with Gasteiger partial charge in [-0.1, -0.05) is 0 Å². The molecular formula is C18H20ClN5O4S. The molecule has 0 unspecified atom stereocenters. The summed E-state index contributed by atoms with van der Waals surface area (Å²) in [6.07, 6.45) is 2.94. The maximum Gasteiger partial charge on any atom is 0.341 e. The molecule has 4 rings (SSSR count). The highest BCUT2D eigenvalue weighted by atomic mass is 35.5. The summed E-state index contributed by atoms with van der Waals surface area (Å²) in [4.78, 5) is 35.2. The number of methoxy groups -OCH3 is 1. The van der Waals surface area contributed by atoms with Crippen LogP contribution in [0.5, 0.6) is 0 Å². The van der Waals surface area contributed by atoms with E-state index in [-0.39, 0.29) is 35.5 Å². The van der Waals surface area contributed by atoms with Crippen molar-refractivity contribution in [1.29, 1.82) is 0 Å². The average Bonchev–Trinajstić information content (AvgIpc) is 3.37. The summed E-state index contributed by atoms with van der Waals surface area (Å²) >= 11 is 1.34. The molecule has 29 heavy (non-hydrogen) atoms. The SMILES string of the molecule is CN[C@@H]1CN(c2ccc3c(=O)c(C(=O)O)cn(-c4nccs4)c3n2)C[C@H]1OC.Cl. The van der Waals surface area contributed by atoms with Crippen molar-refractivity contribution in [2.45, 2.75) is 12.1 Å². The van der Waals surface area contributed by atoms with E-state index in [9.17, 15) is 14.7 Å². The van der Waals surface area contributed by atoms with Gasteiger partial charge in [-0.15, -0.1) is 23.7 Å². The van der Waals surface area contributed by atoms with Crippen LogP contribution in [0.3, 0.4) is 0 Å². The third-order valence-electron chi connectivity index (χ3n) is 4.96. The van der Waals surface area contributed by atoms with Gasteiger partial charge in [0, 0.05) is 38.0 Å². The molecule has 9 nitrogen and oxygen atoms in total. The molecule has 3 aromatic rings. The number of aromatic nitrogens is 3. The number of carbonyl (C=O) groups is 1. The first-order valence-corrected chi connectivity index (χ1v) is 9.56. The van der Waals surface area contributed by atoms with E-state index in [4.69, 9.17) is 9.72 Å². The minimum atomic E-state index is -1.28. The summed E-state index contributed by atoms with van der Waals surface area (Å²) in [5.41, 5.74) is -0.490. The van der Waals surface area contributed by atoms with Crippen LogP contribution in [0, 0.1) is 0 Å². The number of hydrogen-bond acceptors (Lipinski definition) is 8. The highest BCUT2D eigenvalue weighted by Gasteiger charge is 2.32. The zero-order chi connectivity index (χ0) is 19.8. The Morgan fingerprint density at radius 2 is 2.17 bits per heavy atom. The molecule has 154 valence electrons. The Labute approximate surface area is 176 Å². The monoisotopic (exact) mass is 437 g/mol. The van der Waals surface area contributed by atoms with Crippen molar-refractivity contribution in [3.05, 3.63) is 45.7 Å². The first-order chi connectivity index (χ1) is 13.5. The Morgan fingerprint density at radius 1 is 1.38 bits per heavy atom. The molecular weight excluding hydrogens is 418 g/mol. The van der Waals surface area contributed by atoms with Gasteiger partial charge in [0.05, 0.1) is 17.5 Å². The van der Waals surface area contributed by atoms with Gasteiger partial charge in [0.1, 0.15) is 11.4 Å². The number of anilines is 1. The molecule has 0 saturated carbocycles. The largest absolute Gasteiger partial charge is 0.477 e. The van der Waals surface area contributed by atoms with Crippen molar-refractivity contribution in [3.63, 3.8) is 0 Å². The summed E-state index contributed by atoms with van der Waals surface area (Å²) in [6.45, 7) is 1.37. The molecule has 1 saturated heterocycles. The van der Waals surface area contributed by atoms with Gasteiger partial charge in [-0.05, 0) is 19.2 Å². The van der Waals surface area contributed by atoms with Crippen molar-refractivity contribution in [2.24, 2.45) is 0 Å². The molecule has 4 heterocycles. The van der Waals surface area contributed by atoms with Gasteiger partial charge < -0.3 is 20.1 Å². The number of fused-ring (bicyclic) bond motifs is 1. The van der Waals surface area contributed by atoms with Gasteiger partial charge in [0.2, 0.25) is 5.43 Å². The third-order valence-corrected chi connectivity index (χ3v) is 5.73. The van der Waals surface area contributed by atoms with Crippen LogP contribution in [0.25, 0.3) is 16.2 Å². The van der Waals surface area contributed by atoms with Crippen molar-refractivity contribution in [3.8, 4) is 5.13 Å². The van der Waals surface area contributed by atoms with Crippen molar-refractivity contribution in [2.75, 3.05) is 32.1 Å². The second-order valence-corrected chi connectivity index (χ2v) is 7.35. The van der Waals surface area contributed by atoms with Crippen LogP contribution in [0.1, 0.15) is 10.4 Å². The zero-order valence-corrected chi connectivity index (χ0v) is 17.4. The lowest BCUT2D eigenvalue weighted by Gasteiger charge is -2.18. The number of rotatable bonds is 5. The highest BCUT2D eigenvalue weighted by molar-refractivity contribution is 7.12. The lowest BCUT2D eigenvalue weighted by atomic mass is 10.2. The second kappa shape index (κ2) is 8.46. The van der Waals surface area contributed by atoms with Crippen LogP contribution < -0.4 is 15.6 Å². The number of nitrogens with zero attached hydrogens (tertiary/aromatic N) is 4.